The molecular formula is C11H12NS2+. The van der Waals surface area contributed by atoms with Gasteiger partial charge < -0.3 is 0 Å². The minimum absolute atomic E-state index is 1.31. The maximum atomic E-state index is 2.22. The van der Waals surface area contributed by atoms with Crippen LogP contribution in [-0.2, 0) is 0 Å². The molecule has 0 aliphatic rings. The van der Waals surface area contributed by atoms with Crippen LogP contribution in [0.15, 0.2) is 35.7 Å². The highest BCUT2D eigenvalue weighted by atomic mass is 32.2. The summed E-state index contributed by atoms with van der Waals surface area (Å²) in [5.41, 5.74) is 1.31. The Morgan fingerprint density at radius 3 is 2.36 bits per heavy atom. The quantitative estimate of drug-likeness (QED) is 0.652. The van der Waals surface area contributed by atoms with Gasteiger partial charge in [0.2, 0.25) is 0 Å². The normalized spacial score (nSPS) is 10.1. The van der Waals surface area contributed by atoms with E-state index in [1.165, 1.54) is 14.4 Å². The van der Waals surface area contributed by atoms with Gasteiger partial charge in [0.25, 0.3) is 0 Å². The molecule has 3 heteroatoms. The fourth-order valence-corrected chi connectivity index (χ4v) is 3.29. The molecule has 14 heavy (non-hydrogen) atoms. The first-order chi connectivity index (χ1) is 6.77. The van der Waals surface area contributed by atoms with Crippen molar-refractivity contribution in [3.05, 3.63) is 39.7 Å². The second kappa shape index (κ2) is 4.07. The van der Waals surface area contributed by atoms with Crippen molar-refractivity contribution in [3.8, 4) is 10.4 Å². The van der Waals surface area contributed by atoms with E-state index in [4.69, 9.17) is 0 Å². The molecule has 0 radical (unpaired) electrons. The Balaban J connectivity index is 2.50. The van der Waals surface area contributed by atoms with Gasteiger partial charge in [-0.2, -0.15) is 0 Å². The lowest BCUT2D eigenvalue weighted by molar-refractivity contribution is 0.844. The largest absolute Gasteiger partial charge is 0.313 e. The molecule has 0 unspecified atom stereocenters. The lowest BCUT2D eigenvalue weighted by Gasteiger charge is -1.92. The van der Waals surface area contributed by atoms with Gasteiger partial charge in [0.05, 0.1) is 4.88 Å². The van der Waals surface area contributed by atoms with Gasteiger partial charge in [-0.3, -0.25) is 0 Å². The lowest BCUT2D eigenvalue weighted by atomic mass is 10.2. The predicted octanol–water partition coefficient (Wildman–Crippen LogP) is 2.51. The van der Waals surface area contributed by atoms with Crippen molar-refractivity contribution in [3.63, 3.8) is 0 Å². The van der Waals surface area contributed by atoms with Gasteiger partial charge in [0.15, 0.2) is 0 Å². The first-order valence-electron chi connectivity index (χ1n) is 4.42. The Bertz CT molecular complexity index is 475. The molecule has 1 nitrogen and oxygen atoms in total. The van der Waals surface area contributed by atoms with Crippen LogP contribution < -0.4 is 8.56 Å². The summed E-state index contributed by atoms with van der Waals surface area (Å²) >= 11 is 3.64. The summed E-state index contributed by atoms with van der Waals surface area (Å²) < 4.78 is 3.49. The zero-order chi connectivity index (χ0) is 9.97. The van der Waals surface area contributed by atoms with Gasteiger partial charge in [0.1, 0.15) is 14.1 Å². The number of rotatable bonds is 1. The highest BCUT2D eigenvalue weighted by molar-refractivity contribution is 7.28. The van der Waals surface area contributed by atoms with Crippen LogP contribution in [0.5, 0.6) is 0 Å². The van der Waals surface area contributed by atoms with E-state index < -0.39 is 0 Å². The number of benzene rings is 1. The molecule has 0 saturated carbocycles. The molecule has 0 atom stereocenters. The van der Waals surface area contributed by atoms with Crippen molar-refractivity contribution in [2.24, 2.45) is 0 Å². The van der Waals surface area contributed by atoms with Crippen molar-refractivity contribution in [1.29, 1.82) is 0 Å². The van der Waals surface area contributed by atoms with Crippen LogP contribution in [0.1, 0.15) is 0 Å². The Labute approximate surface area is 91.6 Å². The zero-order valence-electron chi connectivity index (χ0n) is 8.23. The molecule has 0 aliphatic heterocycles. The summed E-state index contributed by atoms with van der Waals surface area (Å²) in [5.74, 6) is 0. The van der Waals surface area contributed by atoms with Gasteiger partial charge in [-0.05, 0) is 5.56 Å². The minimum Gasteiger partial charge on any atom is -0.217 e. The summed E-state index contributed by atoms with van der Waals surface area (Å²) in [6.45, 7) is 0. The predicted molar refractivity (Wildman–Crippen MR) is 64.7 cm³/mol. The topological polar surface area (TPSA) is 3.01 Å². The van der Waals surface area contributed by atoms with E-state index in [0.29, 0.717) is 0 Å². The highest BCUT2D eigenvalue weighted by Crippen LogP contribution is 2.22. The van der Waals surface area contributed by atoms with Crippen LogP contribution in [0, 0.1) is 0 Å². The molecule has 0 fully saturated rings. The van der Waals surface area contributed by atoms with Crippen LogP contribution in [0.2, 0.25) is 0 Å². The zero-order valence-corrected chi connectivity index (χ0v) is 9.86. The van der Waals surface area contributed by atoms with Crippen molar-refractivity contribution >= 4 is 22.7 Å². The highest BCUT2D eigenvalue weighted by Gasteiger charge is 2.02. The standard InChI is InChI=1S/C11H12NS2/c1-12(2)11-13-8-10(14-11)9-6-4-3-5-7-9/h3-8H,1-2H3/q+1. The molecule has 1 aromatic carbocycles. The van der Waals surface area contributed by atoms with Crippen LogP contribution in [0.3, 0.4) is 0 Å². The number of hydrogen-bond donors (Lipinski definition) is 0. The molecule has 0 amide bonds. The van der Waals surface area contributed by atoms with E-state index in [1.807, 2.05) is 17.4 Å². The Kier molecular flexibility index (Phi) is 2.79. The third kappa shape index (κ3) is 1.94. The summed E-state index contributed by atoms with van der Waals surface area (Å²) in [4.78, 5) is 1.35. The first-order valence-corrected chi connectivity index (χ1v) is 6.11. The van der Waals surface area contributed by atoms with Crippen LogP contribution in [0.25, 0.3) is 10.4 Å². The van der Waals surface area contributed by atoms with Crippen LogP contribution in [-0.4, -0.2) is 14.1 Å². The Hall–Kier alpha value is -0.930. The summed E-state index contributed by atoms with van der Waals surface area (Å²) in [5, 5.41) is 2.22. The number of nitrogens with zero attached hydrogens (tertiary/aromatic N) is 1. The average Bonchev–Trinajstić information content (AvgIpc) is 2.68. The molecule has 0 bridgehead atoms. The monoisotopic (exact) mass is 222 g/mol. The molecule has 72 valence electrons. The van der Waals surface area contributed by atoms with Gasteiger partial charge in [-0.25, -0.2) is 4.58 Å². The molecule has 1 heterocycles. The molecule has 0 spiro atoms. The maximum absolute atomic E-state index is 2.22. The minimum atomic E-state index is 1.31. The van der Waals surface area contributed by atoms with Gasteiger partial charge in [0, 0.05) is 5.38 Å². The molecule has 0 saturated heterocycles. The van der Waals surface area contributed by atoms with Crippen molar-refractivity contribution < 1.29 is 0 Å². The lowest BCUT2D eigenvalue weighted by Crippen LogP contribution is -2.14. The van der Waals surface area contributed by atoms with E-state index >= 15 is 0 Å². The van der Waals surface area contributed by atoms with Crippen LogP contribution in [0.4, 0.5) is 0 Å². The molecule has 0 aliphatic carbocycles. The molecule has 2 rings (SSSR count). The Morgan fingerprint density at radius 1 is 1.07 bits per heavy atom. The van der Waals surface area contributed by atoms with Gasteiger partial charge in [-0.1, -0.05) is 53.0 Å². The fourth-order valence-electron chi connectivity index (χ4n) is 1.17. The summed E-state index contributed by atoms with van der Waals surface area (Å²) in [6, 6.07) is 10.5. The van der Waals surface area contributed by atoms with Crippen molar-refractivity contribution in [2.75, 3.05) is 14.1 Å². The summed E-state index contributed by atoms with van der Waals surface area (Å²) in [6.07, 6.45) is 0. The SMILES string of the molecule is C[N+](C)=c1scc(-c2ccccc2)s1. The third-order valence-electron chi connectivity index (χ3n) is 1.89. The average molecular weight is 222 g/mol. The molecular weight excluding hydrogens is 210 g/mol. The van der Waals surface area contributed by atoms with Gasteiger partial charge >= 0.3 is 3.98 Å². The fraction of sp³-hybridized carbons (Fsp3) is 0.182. The smallest absolute Gasteiger partial charge is 0.217 e. The summed E-state index contributed by atoms with van der Waals surface area (Å²) in [7, 11) is 4.16. The van der Waals surface area contributed by atoms with E-state index in [2.05, 4.69) is 48.3 Å². The molecule has 0 N–H and O–H groups in total. The Morgan fingerprint density at radius 2 is 1.79 bits per heavy atom. The van der Waals surface area contributed by atoms with E-state index in [-0.39, 0.29) is 0 Å². The maximum Gasteiger partial charge on any atom is 0.313 e. The second-order valence-corrected chi connectivity index (χ2v) is 5.38. The first kappa shape index (κ1) is 9.62. The van der Waals surface area contributed by atoms with Crippen molar-refractivity contribution in [2.45, 2.75) is 0 Å². The van der Waals surface area contributed by atoms with E-state index in [9.17, 15) is 0 Å². The van der Waals surface area contributed by atoms with Gasteiger partial charge in [-0.15, -0.1) is 0 Å². The molecule has 2 aromatic rings. The van der Waals surface area contributed by atoms with Crippen LogP contribution >= 0.6 is 22.7 Å². The molecule has 1 aromatic heterocycles. The third-order valence-corrected chi connectivity index (χ3v) is 4.61. The van der Waals surface area contributed by atoms with Crippen molar-refractivity contribution in [1.82, 2.24) is 4.58 Å². The number of hydrogen-bond acceptors (Lipinski definition) is 2. The second-order valence-electron chi connectivity index (χ2n) is 3.23. The van der Waals surface area contributed by atoms with E-state index in [0.717, 1.165) is 0 Å². The van der Waals surface area contributed by atoms with E-state index in [1.54, 1.807) is 11.3 Å².